The summed E-state index contributed by atoms with van der Waals surface area (Å²) < 4.78 is 24.0. The monoisotopic (exact) mass is 367 g/mol. The molecule has 0 spiro atoms. The van der Waals surface area contributed by atoms with Crippen LogP contribution in [-0.4, -0.2) is 42.7 Å². The Morgan fingerprint density at radius 2 is 2.07 bits per heavy atom. The second-order valence-electron chi connectivity index (χ2n) is 6.22. The molecule has 1 aromatic carbocycles. The predicted octanol–water partition coefficient (Wildman–Crippen LogP) is 2.91. The third-order valence-corrected chi connectivity index (χ3v) is 4.66. The van der Waals surface area contributed by atoms with E-state index in [9.17, 15) is 9.18 Å². The van der Waals surface area contributed by atoms with Crippen LogP contribution in [0.5, 0.6) is 5.75 Å². The molecule has 138 valence electrons. The van der Waals surface area contributed by atoms with Gasteiger partial charge in [-0.05, 0) is 47.5 Å². The van der Waals surface area contributed by atoms with Gasteiger partial charge in [0.05, 0.1) is 14.2 Å². The first-order valence-electron chi connectivity index (χ1n) is 8.44. The first-order valence-corrected chi connectivity index (χ1v) is 8.44. The van der Waals surface area contributed by atoms with E-state index in [0.29, 0.717) is 23.5 Å². The Hall–Kier alpha value is -3.19. The number of nitrogens with one attached hydrogen (secondary N) is 2. The molecule has 7 heteroatoms. The lowest BCUT2D eigenvalue weighted by Gasteiger charge is -2.09. The molecule has 0 bridgehead atoms. The van der Waals surface area contributed by atoms with Gasteiger partial charge in [0.2, 0.25) is 0 Å². The number of aromatic nitrogens is 2. The SMILES string of the molecule is COC(=O)C1C=C(c2cc3c(-c4cc(F)ccc4OC)ccnc3[nH]2)CN1. The zero-order valence-corrected chi connectivity index (χ0v) is 14.9. The highest BCUT2D eigenvalue weighted by Crippen LogP contribution is 2.36. The third kappa shape index (κ3) is 3.06. The van der Waals surface area contributed by atoms with Crippen molar-refractivity contribution in [2.45, 2.75) is 6.04 Å². The highest BCUT2D eigenvalue weighted by molar-refractivity contribution is 5.97. The van der Waals surface area contributed by atoms with Gasteiger partial charge in [0.25, 0.3) is 0 Å². The molecule has 6 nitrogen and oxygen atoms in total. The molecule has 1 aliphatic heterocycles. The molecular formula is C20H18FN3O3. The van der Waals surface area contributed by atoms with Gasteiger partial charge < -0.3 is 14.5 Å². The van der Waals surface area contributed by atoms with Gasteiger partial charge in [0, 0.05) is 29.4 Å². The summed E-state index contributed by atoms with van der Waals surface area (Å²) >= 11 is 0. The Bertz CT molecular complexity index is 1060. The van der Waals surface area contributed by atoms with Gasteiger partial charge in [-0.2, -0.15) is 0 Å². The van der Waals surface area contributed by atoms with Crippen LogP contribution in [0.3, 0.4) is 0 Å². The smallest absolute Gasteiger partial charge is 0.326 e. The lowest BCUT2D eigenvalue weighted by molar-refractivity contribution is -0.141. The summed E-state index contributed by atoms with van der Waals surface area (Å²) in [7, 11) is 2.92. The van der Waals surface area contributed by atoms with E-state index in [2.05, 4.69) is 15.3 Å². The van der Waals surface area contributed by atoms with E-state index in [1.165, 1.54) is 19.2 Å². The van der Waals surface area contributed by atoms with Crippen LogP contribution in [0, 0.1) is 5.82 Å². The van der Waals surface area contributed by atoms with E-state index in [4.69, 9.17) is 9.47 Å². The quantitative estimate of drug-likeness (QED) is 0.694. The maximum Gasteiger partial charge on any atom is 0.326 e. The number of hydrogen-bond donors (Lipinski definition) is 2. The van der Waals surface area contributed by atoms with Gasteiger partial charge in [0.15, 0.2) is 0 Å². The van der Waals surface area contributed by atoms with Crippen molar-refractivity contribution in [1.29, 1.82) is 0 Å². The van der Waals surface area contributed by atoms with Crippen LogP contribution in [0.4, 0.5) is 4.39 Å². The molecular weight excluding hydrogens is 349 g/mol. The Labute approximate surface area is 155 Å². The van der Waals surface area contributed by atoms with Crippen molar-refractivity contribution in [1.82, 2.24) is 15.3 Å². The van der Waals surface area contributed by atoms with E-state index in [1.54, 1.807) is 19.4 Å². The summed E-state index contributed by atoms with van der Waals surface area (Å²) in [6.45, 7) is 0.533. The van der Waals surface area contributed by atoms with Gasteiger partial charge in [-0.15, -0.1) is 0 Å². The van der Waals surface area contributed by atoms with E-state index in [-0.39, 0.29) is 11.8 Å². The van der Waals surface area contributed by atoms with Gasteiger partial charge in [-0.1, -0.05) is 0 Å². The number of fused-ring (bicyclic) bond motifs is 1. The number of pyridine rings is 1. The van der Waals surface area contributed by atoms with Crippen molar-refractivity contribution >= 4 is 22.6 Å². The van der Waals surface area contributed by atoms with E-state index < -0.39 is 6.04 Å². The maximum absolute atomic E-state index is 13.8. The number of ether oxygens (including phenoxy) is 2. The van der Waals surface area contributed by atoms with Crippen molar-refractivity contribution in [3.8, 4) is 16.9 Å². The number of aromatic amines is 1. The van der Waals surface area contributed by atoms with E-state index in [0.717, 1.165) is 22.2 Å². The molecule has 0 saturated carbocycles. The Morgan fingerprint density at radius 3 is 2.85 bits per heavy atom. The van der Waals surface area contributed by atoms with Crippen molar-refractivity contribution in [3.05, 3.63) is 54.1 Å². The highest BCUT2D eigenvalue weighted by atomic mass is 19.1. The number of H-pyrrole nitrogens is 1. The molecule has 1 unspecified atom stereocenters. The minimum Gasteiger partial charge on any atom is -0.496 e. The van der Waals surface area contributed by atoms with Gasteiger partial charge in [-0.3, -0.25) is 10.1 Å². The molecule has 1 aliphatic rings. The van der Waals surface area contributed by atoms with Gasteiger partial charge in [0.1, 0.15) is 23.3 Å². The molecule has 0 saturated heterocycles. The van der Waals surface area contributed by atoms with Gasteiger partial charge in [-0.25, -0.2) is 9.37 Å². The highest BCUT2D eigenvalue weighted by Gasteiger charge is 2.24. The molecule has 2 aromatic heterocycles. The zero-order valence-electron chi connectivity index (χ0n) is 14.9. The number of hydrogen-bond acceptors (Lipinski definition) is 5. The first kappa shape index (κ1) is 17.2. The average Bonchev–Trinajstić information content (AvgIpc) is 3.33. The number of carbonyl (C=O) groups is 1. The molecule has 3 heterocycles. The van der Waals surface area contributed by atoms with Crippen LogP contribution in [0.15, 0.2) is 42.6 Å². The Morgan fingerprint density at radius 1 is 1.22 bits per heavy atom. The normalized spacial score (nSPS) is 16.4. The number of halogens is 1. The summed E-state index contributed by atoms with van der Waals surface area (Å²) in [4.78, 5) is 19.4. The second kappa shape index (κ2) is 6.85. The summed E-state index contributed by atoms with van der Waals surface area (Å²) in [6.07, 6.45) is 3.50. The number of benzene rings is 1. The van der Waals surface area contributed by atoms with Crippen LogP contribution < -0.4 is 10.1 Å². The fourth-order valence-corrected chi connectivity index (χ4v) is 3.33. The summed E-state index contributed by atoms with van der Waals surface area (Å²) in [5, 5.41) is 3.94. The summed E-state index contributed by atoms with van der Waals surface area (Å²) in [5.41, 5.74) is 3.94. The summed E-state index contributed by atoms with van der Waals surface area (Å²) in [6, 6.07) is 7.74. The van der Waals surface area contributed by atoms with E-state index in [1.807, 2.05) is 18.2 Å². The minimum atomic E-state index is -0.466. The van der Waals surface area contributed by atoms with Crippen LogP contribution in [0.1, 0.15) is 5.69 Å². The Kier molecular flexibility index (Phi) is 4.37. The molecule has 4 rings (SSSR count). The fourth-order valence-electron chi connectivity index (χ4n) is 3.33. The van der Waals surface area contributed by atoms with Crippen LogP contribution in [-0.2, 0) is 9.53 Å². The number of carbonyl (C=O) groups excluding carboxylic acids is 1. The fraction of sp³-hybridized carbons (Fsp3) is 0.200. The largest absolute Gasteiger partial charge is 0.496 e. The van der Waals surface area contributed by atoms with Crippen LogP contribution in [0.2, 0.25) is 0 Å². The molecule has 2 N–H and O–H groups in total. The molecule has 27 heavy (non-hydrogen) atoms. The summed E-state index contributed by atoms with van der Waals surface area (Å²) in [5.74, 6) is -0.0845. The van der Waals surface area contributed by atoms with Crippen LogP contribution in [0.25, 0.3) is 27.7 Å². The van der Waals surface area contributed by atoms with Crippen molar-refractivity contribution in [3.63, 3.8) is 0 Å². The number of methoxy groups -OCH3 is 2. The first-order chi connectivity index (χ1) is 13.1. The minimum absolute atomic E-state index is 0.329. The van der Waals surface area contributed by atoms with Crippen molar-refractivity contribution < 1.29 is 18.7 Å². The van der Waals surface area contributed by atoms with Crippen LogP contribution >= 0.6 is 0 Å². The van der Waals surface area contributed by atoms with Crippen molar-refractivity contribution in [2.75, 3.05) is 20.8 Å². The third-order valence-electron chi connectivity index (χ3n) is 4.66. The van der Waals surface area contributed by atoms with Crippen molar-refractivity contribution in [2.24, 2.45) is 0 Å². The van der Waals surface area contributed by atoms with E-state index >= 15 is 0 Å². The molecule has 0 radical (unpaired) electrons. The molecule has 1 atom stereocenters. The lowest BCUT2D eigenvalue weighted by atomic mass is 10.0. The number of nitrogens with zero attached hydrogens (tertiary/aromatic N) is 1. The number of esters is 1. The average molecular weight is 367 g/mol. The Balaban J connectivity index is 1.80. The predicted molar refractivity (Wildman–Crippen MR) is 99.8 cm³/mol. The standard InChI is InChI=1S/C20H18FN3O3/c1-26-18-4-3-12(21)8-14(18)13-5-6-22-19-15(13)9-16(24-19)11-7-17(23-10-11)20(25)27-2/h3-9,17,23H,10H2,1-2H3,(H,22,24). The second-order valence-corrected chi connectivity index (χ2v) is 6.22. The zero-order chi connectivity index (χ0) is 19.0. The lowest BCUT2D eigenvalue weighted by Crippen LogP contribution is -2.31. The topological polar surface area (TPSA) is 76.2 Å². The number of rotatable bonds is 4. The molecule has 0 amide bonds. The molecule has 0 fully saturated rings. The molecule has 3 aromatic rings. The van der Waals surface area contributed by atoms with Gasteiger partial charge >= 0.3 is 5.97 Å². The molecule has 0 aliphatic carbocycles. The maximum atomic E-state index is 13.8.